The highest BCUT2D eigenvalue weighted by Crippen LogP contribution is 2.46. The fourth-order valence-corrected chi connectivity index (χ4v) is 10.2. The van der Waals surface area contributed by atoms with E-state index in [0.717, 1.165) is 50.2 Å². The van der Waals surface area contributed by atoms with Crippen molar-refractivity contribution >= 4 is 0 Å². The lowest BCUT2D eigenvalue weighted by molar-refractivity contribution is 0.0501. The zero-order valence-electron chi connectivity index (χ0n) is 36.0. The molecule has 1 fully saturated rings. The van der Waals surface area contributed by atoms with E-state index in [9.17, 15) is 0 Å². The van der Waals surface area contributed by atoms with Crippen molar-refractivity contribution in [1.29, 1.82) is 0 Å². The maximum atomic E-state index is 6.26. The van der Waals surface area contributed by atoms with E-state index in [-0.39, 0.29) is 0 Å². The van der Waals surface area contributed by atoms with Crippen molar-refractivity contribution in [3.05, 3.63) is 83.5 Å². The minimum atomic E-state index is 0.437. The van der Waals surface area contributed by atoms with Crippen LogP contribution in [0.4, 0.5) is 0 Å². The molecule has 0 radical (unpaired) electrons. The number of nitrogens with two attached hydrogens (primary N) is 1. The molecule has 0 spiro atoms. The fourth-order valence-electron chi connectivity index (χ4n) is 10.2. The van der Waals surface area contributed by atoms with E-state index < -0.39 is 0 Å². The van der Waals surface area contributed by atoms with Crippen LogP contribution in [0.5, 0.6) is 0 Å². The van der Waals surface area contributed by atoms with Gasteiger partial charge in [0.15, 0.2) is 0 Å². The summed E-state index contributed by atoms with van der Waals surface area (Å²) in [6.45, 7) is 35.0. The molecule has 2 N–H and O–H groups in total. The number of benzene rings is 1. The van der Waals surface area contributed by atoms with Gasteiger partial charge in [0.05, 0.1) is 0 Å². The Bertz CT molecular complexity index is 1270. The number of hydrogen-bond acceptors (Lipinski definition) is 3. The Morgan fingerprint density at radius 2 is 1.48 bits per heavy atom. The van der Waals surface area contributed by atoms with E-state index >= 15 is 0 Å². The van der Waals surface area contributed by atoms with Gasteiger partial charge in [-0.2, -0.15) is 0 Å². The van der Waals surface area contributed by atoms with Gasteiger partial charge in [-0.3, -0.25) is 4.90 Å². The molecule has 3 heteroatoms. The summed E-state index contributed by atoms with van der Waals surface area (Å²) in [5.41, 5.74) is 13.1. The SMILES string of the molecule is C=C1CC(C)[C@H](C)C(C[C@H]2CC(N(C)C)C(C)[C@@H](C)C2)[C@@H](CCN(CCN)Cc2ccc(C)cc2)C[C@@H](C)C(=C)/C=C/C(C)=C/[C@H](CC)[C@@H](CC)C1. The van der Waals surface area contributed by atoms with Crippen molar-refractivity contribution < 1.29 is 0 Å². The van der Waals surface area contributed by atoms with Crippen LogP contribution in [0.2, 0.25) is 0 Å². The topological polar surface area (TPSA) is 32.5 Å². The summed E-state index contributed by atoms with van der Waals surface area (Å²) < 4.78 is 0. The quantitative estimate of drug-likeness (QED) is 0.219. The number of aryl methyl sites for hydroxylation is 1. The molecule has 2 aliphatic rings. The van der Waals surface area contributed by atoms with Crippen molar-refractivity contribution in [2.24, 2.45) is 64.9 Å². The fraction of sp³-hybridized carbons (Fsp3) is 0.714. The molecule has 0 amide bonds. The summed E-state index contributed by atoms with van der Waals surface area (Å²) in [5.74, 6) is 6.47. The summed E-state index contributed by atoms with van der Waals surface area (Å²) in [4.78, 5) is 5.16. The van der Waals surface area contributed by atoms with Crippen LogP contribution in [0, 0.1) is 66.1 Å². The van der Waals surface area contributed by atoms with E-state index in [1.165, 1.54) is 72.8 Å². The lowest BCUT2D eigenvalue weighted by Gasteiger charge is -2.45. The average molecular weight is 714 g/mol. The zero-order chi connectivity index (χ0) is 38.5. The third-order valence-corrected chi connectivity index (χ3v) is 14.1. The first-order chi connectivity index (χ1) is 24.7. The molecule has 1 aromatic rings. The van der Waals surface area contributed by atoms with Crippen LogP contribution in [-0.2, 0) is 6.54 Å². The second-order valence-electron chi connectivity index (χ2n) is 18.4. The van der Waals surface area contributed by atoms with Crippen molar-refractivity contribution in [2.75, 3.05) is 33.7 Å². The van der Waals surface area contributed by atoms with Gasteiger partial charge in [-0.15, -0.1) is 0 Å². The molecule has 0 bridgehead atoms. The Kier molecular flexibility index (Phi) is 18.7. The van der Waals surface area contributed by atoms with Crippen molar-refractivity contribution in [3.8, 4) is 0 Å². The third kappa shape index (κ3) is 13.4. The predicted molar refractivity (Wildman–Crippen MR) is 230 cm³/mol. The summed E-state index contributed by atoms with van der Waals surface area (Å²) in [6, 6.07) is 9.77. The second kappa shape index (κ2) is 21.8. The van der Waals surface area contributed by atoms with Gasteiger partial charge in [-0.1, -0.05) is 133 Å². The Hall–Kier alpha value is -1.94. The summed E-state index contributed by atoms with van der Waals surface area (Å²) in [5, 5.41) is 0. The molecule has 3 rings (SSSR count). The van der Waals surface area contributed by atoms with E-state index in [0.29, 0.717) is 54.0 Å². The van der Waals surface area contributed by atoms with Crippen LogP contribution in [0.1, 0.15) is 124 Å². The van der Waals surface area contributed by atoms with Gasteiger partial charge in [-0.05, 0) is 151 Å². The summed E-state index contributed by atoms with van der Waals surface area (Å²) in [6.07, 6.45) is 18.3. The van der Waals surface area contributed by atoms with Gasteiger partial charge >= 0.3 is 0 Å². The molecule has 3 nitrogen and oxygen atoms in total. The van der Waals surface area contributed by atoms with Crippen LogP contribution in [0.3, 0.4) is 0 Å². The normalized spacial score (nSPS) is 34.7. The smallest absolute Gasteiger partial charge is 0.0234 e. The largest absolute Gasteiger partial charge is 0.329 e. The highest BCUT2D eigenvalue weighted by molar-refractivity contribution is 5.27. The number of hydrogen-bond donors (Lipinski definition) is 1. The van der Waals surface area contributed by atoms with E-state index in [1.807, 2.05) is 0 Å². The molecule has 0 aromatic heterocycles. The van der Waals surface area contributed by atoms with Gasteiger partial charge in [0.25, 0.3) is 0 Å². The predicted octanol–water partition coefficient (Wildman–Crippen LogP) is 12.1. The molecule has 4 unspecified atom stereocenters. The second-order valence-corrected chi connectivity index (χ2v) is 18.4. The first kappa shape index (κ1) is 44.5. The molecule has 2 aliphatic carbocycles. The summed E-state index contributed by atoms with van der Waals surface area (Å²) >= 11 is 0. The monoisotopic (exact) mass is 714 g/mol. The number of rotatable bonds is 12. The van der Waals surface area contributed by atoms with Crippen LogP contribution >= 0.6 is 0 Å². The molecular formula is C49H83N3. The minimum Gasteiger partial charge on any atom is -0.329 e. The lowest BCUT2D eigenvalue weighted by Crippen LogP contribution is -2.44. The Morgan fingerprint density at radius 1 is 0.788 bits per heavy atom. The van der Waals surface area contributed by atoms with E-state index in [1.54, 1.807) is 0 Å². The molecular weight excluding hydrogens is 631 g/mol. The van der Waals surface area contributed by atoms with Gasteiger partial charge in [0, 0.05) is 25.7 Å². The van der Waals surface area contributed by atoms with Gasteiger partial charge in [-0.25, -0.2) is 0 Å². The van der Waals surface area contributed by atoms with E-state index in [2.05, 4.69) is 129 Å². The van der Waals surface area contributed by atoms with E-state index in [4.69, 9.17) is 18.9 Å². The zero-order valence-corrected chi connectivity index (χ0v) is 36.0. The van der Waals surface area contributed by atoms with Crippen LogP contribution < -0.4 is 5.73 Å². The van der Waals surface area contributed by atoms with Crippen LogP contribution in [-0.4, -0.2) is 49.6 Å². The number of nitrogens with zero attached hydrogens (tertiary/aromatic N) is 2. The Labute approximate surface area is 323 Å². The Morgan fingerprint density at radius 3 is 2.10 bits per heavy atom. The van der Waals surface area contributed by atoms with Crippen LogP contribution in [0.15, 0.2) is 72.4 Å². The lowest BCUT2D eigenvalue weighted by atomic mass is 9.63. The molecule has 0 aliphatic heterocycles. The highest BCUT2D eigenvalue weighted by atomic mass is 15.1. The van der Waals surface area contributed by atoms with Crippen molar-refractivity contribution in [1.82, 2.24) is 9.80 Å². The standard InChI is InChI=1S/C49H83N3/c1-14-45-27-35(4)16-19-37(6)38(7)30-47(22-24-52(25-23-50)33-43-20-17-34(3)18-21-43)48(41(10)39(8)26-36(5)28-46(45)15-2)31-44-29-40(9)42(11)49(32-44)51(12)13/h16-21,27,38-42,44-49H,5-6,14-15,22-26,28-33,50H2,1-4,7-13H3/b19-16+,35-27+/t38-,39?,40+,41+,42?,44+,45+,46+,47+,48?,49?/m1/s1. The first-order valence-electron chi connectivity index (χ1n) is 21.5. The molecule has 294 valence electrons. The molecule has 1 aromatic carbocycles. The van der Waals surface area contributed by atoms with Gasteiger partial charge in [0.1, 0.15) is 0 Å². The van der Waals surface area contributed by atoms with Crippen molar-refractivity contribution in [2.45, 2.75) is 133 Å². The first-order valence-corrected chi connectivity index (χ1v) is 21.5. The van der Waals surface area contributed by atoms with Gasteiger partial charge in [0.2, 0.25) is 0 Å². The van der Waals surface area contributed by atoms with Crippen molar-refractivity contribution in [3.63, 3.8) is 0 Å². The summed E-state index contributed by atoms with van der Waals surface area (Å²) in [7, 11) is 4.62. The molecule has 11 atom stereocenters. The molecule has 52 heavy (non-hydrogen) atoms. The van der Waals surface area contributed by atoms with Crippen LogP contribution in [0.25, 0.3) is 0 Å². The maximum absolute atomic E-state index is 6.26. The number of allylic oxidation sites excluding steroid dienone is 6. The maximum Gasteiger partial charge on any atom is 0.0234 e. The third-order valence-electron chi connectivity index (χ3n) is 14.1. The average Bonchev–Trinajstić information content (AvgIpc) is 3.10. The molecule has 0 heterocycles. The molecule has 1 saturated carbocycles. The Balaban J connectivity index is 2.04. The minimum absolute atomic E-state index is 0.437. The highest BCUT2D eigenvalue weighted by Gasteiger charge is 2.39. The molecule has 0 saturated heterocycles. The van der Waals surface area contributed by atoms with Gasteiger partial charge < -0.3 is 10.6 Å².